The molecule has 0 unspecified atom stereocenters. The Hall–Kier alpha value is -4.21. The van der Waals surface area contributed by atoms with Crippen LogP contribution in [-0.4, -0.2) is 44.8 Å². The summed E-state index contributed by atoms with van der Waals surface area (Å²) < 4.78 is 26.5. The van der Waals surface area contributed by atoms with Crippen molar-refractivity contribution in [1.82, 2.24) is 5.32 Å². The van der Waals surface area contributed by atoms with Gasteiger partial charge in [0.1, 0.15) is 11.3 Å². The van der Waals surface area contributed by atoms with Crippen LogP contribution in [0.4, 0.5) is 10.5 Å². The Balaban J connectivity index is 1.48. The molecule has 3 rings (SSSR count). The van der Waals surface area contributed by atoms with Crippen molar-refractivity contribution < 1.29 is 37.7 Å². The fraction of sp³-hybridized carbons (Fsp3) is 0.292. The highest BCUT2D eigenvalue weighted by Gasteiger charge is 2.15. The van der Waals surface area contributed by atoms with Crippen LogP contribution >= 0.6 is 0 Å². The molecule has 2 N–H and O–H groups in total. The highest BCUT2D eigenvalue weighted by molar-refractivity contribution is 6.02. The molecule has 1 heterocycles. The van der Waals surface area contributed by atoms with Crippen LogP contribution in [0.3, 0.4) is 0 Å². The second kappa shape index (κ2) is 11.6. The first kappa shape index (κ1) is 24.4. The summed E-state index contributed by atoms with van der Waals surface area (Å²) in [5.41, 5.74) is 1.58. The molecule has 0 aliphatic rings. The predicted molar refractivity (Wildman–Crippen MR) is 123 cm³/mol. The van der Waals surface area contributed by atoms with Crippen molar-refractivity contribution in [2.75, 3.05) is 32.2 Å². The van der Waals surface area contributed by atoms with Crippen LogP contribution in [0.25, 0.3) is 11.0 Å². The van der Waals surface area contributed by atoms with Crippen molar-refractivity contribution in [3.8, 4) is 17.2 Å². The zero-order valence-corrected chi connectivity index (χ0v) is 19.1. The van der Waals surface area contributed by atoms with Crippen molar-refractivity contribution in [3.05, 3.63) is 48.2 Å². The Bertz CT molecular complexity index is 1170. The number of carbonyl (C=O) groups excluding carboxylic acids is 3. The predicted octanol–water partition coefficient (Wildman–Crippen LogP) is 3.67. The van der Waals surface area contributed by atoms with E-state index in [0.717, 1.165) is 5.39 Å². The summed E-state index contributed by atoms with van der Waals surface area (Å²) in [7, 11) is 1.55. The number of carbonyl (C=O) groups is 3. The van der Waals surface area contributed by atoms with Gasteiger partial charge in [-0.15, -0.1) is 0 Å². The smallest absolute Gasteiger partial charge is 0.325 e. The number of rotatable bonds is 10. The minimum atomic E-state index is -0.776. The third-order valence-corrected chi connectivity index (χ3v) is 4.62. The lowest BCUT2D eigenvalue weighted by molar-refractivity contribution is -0.147. The Morgan fingerprint density at radius 3 is 2.47 bits per heavy atom. The number of imide groups is 1. The maximum atomic E-state index is 12.1. The molecule has 0 radical (unpaired) electrons. The number of amides is 3. The van der Waals surface area contributed by atoms with Gasteiger partial charge in [0, 0.05) is 28.8 Å². The number of urea groups is 1. The summed E-state index contributed by atoms with van der Waals surface area (Å²) in [4.78, 5) is 36.3. The van der Waals surface area contributed by atoms with E-state index in [-0.39, 0.29) is 6.42 Å². The molecule has 0 bridgehead atoms. The monoisotopic (exact) mass is 470 g/mol. The van der Waals surface area contributed by atoms with E-state index < -0.39 is 24.5 Å². The maximum absolute atomic E-state index is 12.1. The van der Waals surface area contributed by atoms with Gasteiger partial charge in [0.15, 0.2) is 18.1 Å². The van der Waals surface area contributed by atoms with Crippen molar-refractivity contribution in [2.24, 2.45) is 0 Å². The van der Waals surface area contributed by atoms with E-state index in [1.807, 2.05) is 13.8 Å². The van der Waals surface area contributed by atoms with Gasteiger partial charge < -0.3 is 28.7 Å². The molecule has 0 saturated carbocycles. The summed E-state index contributed by atoms with van der Waals surface area (Å²) in [6, 6.07) is 9.31. The third-order valence-electron chi connectivity index (χ3n) is 4.62. The molecule has 10 nitrogen and oxygen atoms in total. The molecule has 34 heavy (non-hydrogen) atoms. The highest BCUT2D eigenvalue weighted by atomic mass is 16.5. The van der Waals surface area contributed by atoms with Gasteiger partial charge >= 0.3 is 12.0 Å². The second-order valence-corrected chi connectivity index (χ2v) is 6.99. The number of fused-ring (bicyclic) bond motifs is 1. The first-order valence-corrected chi connectivity index (χ1v) is 10.6. The number of ether oxygens (including phenoxy) is 4. The van der Waals surface area contributed by atoms with E-state index in [1.54, 1.807) is 43.5 Å². The number of anilines is 1. The zero-order chi connectivity index (χ0) is 24.5. The molecule has 1 aromatic heterocycles. The zero-order valence-electron chi connectivity index (χ0n) is 19.1. The first-order chi connectivity index (χ1) is 16.4. The minimum Gasteiger partial charge on any atom is -0.497 e. The molecular weight excluding hydrogens is 444 g/mol. The van der Waals surface area contributed by atoms with Crippen LogP contribution in [0.15, 0.2) is 47.1 Å². The van der Waals surface area contributed by atoms with Gasteiger partial charge in [-0.25, -0.2) is 4.79 Å². The van der Waals surface area contributed by atoms with Crippen LogP contribution in [0, 0.1) is 0 Å². The van der Waals surface area contributed by atoms with Gasteiger partial charge in [-0.1, -0.05) is 0 Å². The molecule has 0 aliphatic carbocycles. The van der Waals surface area contributed by atoms with Crippen LogP contribution in [0.2, 0.25) is 0 Å². The van der Waals surface area contributed by atoms with Crippen LogP contribution in [0.1, 0.15) is 19.4 Å². The van der Waals surface area contributed by atoms with Crippen LogP contribution < -0.4 is 24.8 Å². The van der Waals surface area contributed by atoms with Gasteiger partial charge in [0.25, 0.3) is 5.91 Å². The molecule has 2 aromatic carbocycles. The number of hydrogen-bond acceptors (Lipinski definition) is 8. The number of furan rings is 1. The number of methoxy groups -OCH3 is 1. The third kappa shape index (κ3) is 6.41. The first-order valence-electron chi connectivity index (χ1n) is 10.6. The Labute approximate surface area is 196 Å². The normalized spacial score (nSPS) is 10.4. The van der Waals surface area contributed by atoms with Gasteiger partial charge in [-0.3, -0.25) is 14.9 Å². The average Bonchev–Trinajstić information content (AvgIpc) is 3.21. The largest absolute Gasteiger partial charge is 0.497 e. The van der Waals surface area contributed by atoms with E-state index in [2.05, 4.69) is 10.6 Å². The lowest BCUT2D eigenvalue weighted by atomic mass is 10.1. The van der Waals surface area contributed by atoms with Crippen LogP contribution in [0.5, 0.6) is 17.2 Å². The maximum Gasteiger partial charge on any atom is 0.325 e. The standard InChI is InChI=1S/C24H26N2O8/c1-4-31-19-9-6-16(11-21(19)32-5-2)25-24(29)26-22(27)14-34-23(28)10-15-13-33-20-12-17(30-3)7-8-18(15)20/h6-9,11-13H,4-5,10,14H2,1-3H3,(H2,25,26,27,29). The minimum absolute atomic E-state index is 0.0921. The fourth-order valence-electron chi connectivity index (χ4n) is 3.13. The molecule has 3 amide bonds. The number of nitrogens with one attached hydrogen (secondary N) is 2. The number of esters is 1. The molecule has 0 fully saturated rings. The Kier molecular flexibility index (Phi) is 8.33. The summed E-state index contributed by atoms with van der Waals surface area (Å²) >= 11 is 0. The SMILES string of the molecule is CCOc1ccc(NC(=O)NC(=O)COC(=O)Cc2coc3cc(OC)ccc23)cc1OCC. The van der Waals surface area contributed by atoms with Crippen molar-refractivity contribution in [3.63, 3.8) is 0 Å². The topological polar surface area (TPSA) is 125 Å². The second-order valence-electron chi connectivity index (χ2n) is 6.99. The highest BCUT2D eigenvalue weighted by Crippen LogP contribution is 2.30. The van der Waals surface area contributed by atoms with E-state index in [0.29, 0.717) is 47.3 Å². The lowest BCUT2D eigenvalue weighted by Gasteiger charge is -2.13. The summed E-state index contributed by atoms with van der Waals surface area (Å²) in [5.74, 6) is 0.228. The van der Waals surface area contributed by atoms with E-state index >= 15 is 0 Å². The van der Waals surface area contributed by atoms with Crippen molar-refractivity contribution in [2.45, 2.75) is 20.3 Å². The van der Waals surface area contributed by atoms with E-state index in [9.17, 15) is 14.4 Å². The molecule has 3 aromatic rings. The molecular formula is C24H26N2O8. The summed E-state index contributed by atoms with van der Waals surface area (Å²) in [6.07, 6.45) is 1.36. The molecule has 0 atom stereocenters. The van der Waals surface area contributed by atoms with Crippen molar-refractivity contribution in [1.29, 1.82) is 0 Å². The molecule has 0 saturated heterocycles. The quantitative estimate of drug-likeness (QED) is 0.430. The Morgan fingerprint density at radius 1 is 0.971 bits per heavy atom. The van der Waals surface area contributed by atoms with Gasteiger partial charge in [0.2, 0.25) is 0 Å². The van der Waals surface area contributed by atoms with Crippen LogP contribution in [-0.2, 0) is 20.7 Å². The molecule has 10 heteroatoms. The van der Waals surface area contributed by atoms with Gasteiger partial charge in [-0.2, -0.15) is 0 Å². The summed E-state index contributed by atoms with van der Waals surface area (Å²) in [5, 5.41) is 5.37. The van der Waals surface area contributed by atoms with Gasteiger partial charge in [0.05, 0.1) is 33.0 Å². The lowest BCUT2D eigenvalue weighted by Crippen LogP contribution is -2.37. The van der Waals surface area contributed by atoms with Gasteiger partial charge in [-0.05, 0) is 38.1 Å². The van der Waals surface area contributed by atoms with E-state index in [4.69, 9.17) is 23.4 Å². The van der Waals surface area contributed by atoms with Crippen molar-refractivity contribution >= 4 is 34.6 Å². The number of hydrogen-bond donors (Lipinski definition) is 2. The van der Waals surface area contributed by atoms with E-state index in [1.165, 1.54) is 6.26 Å². The fourth-order valence-corrected chi connectivity index (χ4v) is 3.13. The molecule has 180 valence electrons. The molecule has 0 aliphatic heterocycles. The molecule has 0 spiro atoms. The number of benzene rings is 2. The summed E-state index contributed by atoms with van der Waals surface area (Å²) in [6.45, 7) is 3.95. The average molecular weight is 470 g/mol. The Morgan fingerprint density at radius 2 is 1.74 bits per heavy atom.